The molecular weight excluding hydrogens is 402 g/mol. The number of pyridine rings is 1. The van der Waals surface area contributed by atoms with E-state index in [0.29, 0.717) is 24.4 Å². The van der Waals surface area contributed by atoms with Gasteiger partial charge in [0.2, 0.25) is 5.91 Å². The highest BCUT2D eigenvalue weighted by Gasteiger charge is 2.62. The Morgan fingerprint density at radius 1 is 1.29 bits per heavy atom. The van der Waals surface area contributed by atoms with Crippen LogP contribution in [0.2, 0.25) is 0 Å². The molecule has 6 nitrogen and oxygen atoms in total. The van der Waals surface area contributed by atoms with E-state index in [0.717, 1.165) is 11.9 Å². The number of ether oxygens (including phenoxy) is 1. The van der Waals surface area contributed by atoms with Gasteiger partial charge in [0.15, 0.2) is 5.75 Å². The molecule has 8 heteroatoms. The minimum absolute atomic E-state index is 0.175. The largest absolute Gasteiger partial charge is 0.489 e. The van der Waals surface area contributed by atoms with Gasteiger partial charge in [-0.3, -0.25) is 4.79 Å². The van der Waals surface area contributed by atoms with Crippen LogP contribution in [-0.2, 0) is 11.2 Å². The Hall–Kier alpha value is -3.16. The van der Waals surface area contributed by atoms with E-state index in [1.807, 2.05) is 19.9 Å². The van der Waals surface area contributed by atoms with Crippen molar-refractivity contribution >= 4 is 11.7 Å². The molecule has 0 radical (unpaired) electrons. The van der Waals surface area contributed by atoms with E-state index in [2.05, 4.69) is 20.3 Å². The van der Waals surface area contributed by atoms with E-state index in [4.69, 9.17) is 4.74 Å². The smallest absolute Gasteiger partial charge is 0.229 e. The molecule has 0 spiro atoms. The summed E-state index contributed by atoms with van der Waals surface area (Å²) in [6, 6.07) is 2.65. The van der Waals surface area contributed by atoms with Gasteiger partial charge in [0.05, 0.1) is 24.7 Å². The number of hydrogen-bond donors (Lipinski definition) is 1. The Bertz CT molecular complexity index is 1040. The molecule has 0 aromatic carbocycles. The third kappa shape index (κ3) is 4.47. The molecule has 1 unspecified atom stereocenters. The number of amides is 1. The van der Waals surface area contributed by atoms with Crippen LogP contribution in [0.3, 0.4) is 0 Å². The maximum Gasteiger partial charge on any atom is 0.229 e. The van der Waals surface area contributed by atoms with Gasteiger partial charge in [0, 0.05) is 17.8 Å². The lowest BCUT2D eigenvalue weighted by Gasteiger charge is -2.27. The molecular formula is C23H24F2N4O2. The first-order chi connectivity index (χ1) is 14.9. The number of aromatic nitrogens is 3. The Morgan fingerprint density at radius 3 is 2.84 bits per heavy atom. The highest BCUT2D eigenvalue weighted by atomic mass is 19.1. The van der Waals surface area contributed by atoms with E-state index in [-0.39, 0.29) is 42.4 Å². The number of allylic oxidation sites excluding steroid dienone is 4. The van der Waals surface area contributed by atoms with Crippen LogP contribution in [0, 0.1) is 30.0 Å². The number of nitrogens with one attached hydrogen (secondary N) is 1. The average Bonchev–Trinajstić information content (AvgIpc) is 3.50. The van der Waals surface area contributed by atoms with Crippen molar-refractivity contribution in [3.8, 4) is 5.75 Å². The maximum atomic E-state index is 14.0. The number of halogens is 2. The van der Waals surface area contributed by atoms with Crippen molar-refractivity contribution in [2.75, 3.05) is 11.9 Å². The molecule has 0 aliphatic heterocycles. The molecule has 2 aliphatic carbocycles. The maximum absolute atomic E-state index is 14.0. The van der Waals surface area contributed by atoms with Crippen molar-refractivity contribution in [3.63, 3.8) is 0 Å². The van der Waals surface area contributed by atoms with E-state index >= 15 is 0 Å². The fraction of sp³-hybridized carbons (Fsp3) is 0.391. The number of anilines is 1. The zero-order valence-electron chi connectivity index (χ0n) is 17.4. The summed E-state index contributed by atoms with van der Waals surface area (Å²) in [6.45, 7) is 4.04. The predicted octanol–water partition coefficient (Wildman–Crippen LogP) is 4.33. The zero-order valence-corrected chi connectivity index (χ0v) is 17.4. The Balaban J connectivity index is 1.53. The van der Waals surface area contributed by atoms with Gasteiger partial charge in [-0.15, -0.1) is 0 Å². The van der Waals surface area contributed by atoms with Gasteiger partial charge in [-0.05, 0) is 43.9 Å². The number of carbonyl (C=O) groups is 1. The van der Waals surface area contributed by atoms with Crippen LogP contribution in [0.5, 0.6) is 5.75 Å². The fourth-order valence-electron chi connectivity index (χ4n) is 4.14. The third-order valence-corrected chi connectivity index (χ3v) is 5.97. The van der Waals surface area contributed by atoms with Crippen molar-refractivity contribution in [2.45, 2.75) is 33.1 Å². The summed E-state index contributed by atoms with van der Waals surface area (Å²) in [7, 11) is 0. The molecule has 1 amide bonds. The molecule has 0 bridgehead atoms. The Labute approximate surface area is 179 Å². The van der Waals surface area contributed by atoms with Gasteiger partial charge in [0.1, 0.15) is 23.3 Å². The molecule has 3 atom stereocenters. The van der Waals surface area contributed by atoms with Crippen molar-refractivity contribution in [1.29, 1.82) is 0 Å². The molecule has 4 rings (SSSR count). The first-order valence-corrected chi connectivity index (χ1v) is 10.3. The summed E-state index contributed by atoms with van der Waals surface area (Å²) in [4.78, 5) is 25.4. The molecule has 0 saturated heterocycles. The lowest BCUT2D eigenvalue weighted by atomic mass is 9.82. The SMILES string of the molecule is CCc1nc(C)ncc1OC[C@@]1(C2C=CC=C(F)C2)C[C@H]1C(=O)Nc1ccc(F)cn1. The Morgan fingerprint density at radius 2 is 2.13 bits per heavy atom. The topological polar surface area (TPSA) is 77.0 Å². The van der Waals surface area contributed by atoms with Crippen LogP contribution in [0.4, 0.5) is 14.6 Å². The van der Waals surface area contributed by atoms with Gasteiger partial charge in [0.25, 0.3) is 0 Å². The standard InChI is InChI=1S/C23H24F2N4O2/c1-3-19-20(12-26-14(2)28-19)31-13-23(15-5-4-6-16(24)9-15)10-18(23)22(30)29-21-8-7-17(25)11-27-21/h4-8,11-12,15,18H,3,9-10,13H2,1-2H3,(H,27,29,30)/t15?,18-,23+/m0/s1. The predicted molar refractivity (Wildman–Crippen MR) is 111 cm³/mol. The highest BCUT2D eigenvalue weighted by molar-refractivity contribution is 5.94. The normalized spacial score (nSPS) is 24.5. The zero-order chi connectivity index (χ0) is 22.0. The van der Waals surface area contributed by atoms with Gasteiger partial charge < -0.3 is 10.1 Å². The summed E-state index contributed by atoms with van der Waals surface area (Å²) in [5.41, 5.74) is 0.243. The molecule has 2 aliphatic rings. The fourth-order valence-corrected chi connectivity index (χ4v) is 4.14. The first-order valence-electron chi connectivity index (χ1n) is 10.3. The number of nitrogens with zero attached hydrogens (tertiary/aromatic N) is 3. The molecule has 2 aromatic heterocycles. The molecule has 1 N–H and O–H groups in total. The lowest BCUT2D eigenvalue weighted by Crippen LogP contribution is -2.30. The van der Waals surface area contributed by atoms with Crippen LogP contribution in [0.15, 0.2) is 48.6 Å². The van der Waals surface area contributed by atoms with Gasteiger partial charge >= 0.3 is 0 Å². The van der Waals surface area contributed by atoms with Crippen molar-refractivity contribution in [3.05, 3.63) is 65.9 Å². The second-order valence-electron chi connectivity index (χ2n) is 8.02. The number of hydrogen-bond acceptors (Lipinski definition) is 5. The van der Waals surface area contributed by atoms with Crippen LogP contribution in [0.25, 0.3) is 0 Å². The monoisotopic (exact) mass is 426 g/mol. The van der Waals surface area contributed by atoms with Crippen LogP contribution >= 0.6 is 0 Å². The van der Waals surface area contributed by atoms with Gasteiger partial charge in [-0.1, -0.05) is 19.1 Å². The molecule has 162 valence electrons. The lowest BCUT2D eigenvalue weighted by molar-refractivity contribution is -0.118. The van der Waals surface area contributed by atoms with Crippen molar-refractivity contribution in [1.82, 2.24) is 15.0 Å². The van der Waals surface area contributed by atoms with Crippen LogP contribution in [0.1, 0.15) is 31.3 Å². The summed E-state index contributed by atoms with van der Waals surface area (Å²) in [5, 5.41) is 2.73. The van der Waals surface area contributed by atoms with Crippen molar-refractivity contribution < 1.29 is 18.3 Å². The summed E-state index contributed by atoms with van der Waals surface area (Å²) < 4.78 is 33.2. The highest BCUT2D eigenvalue weighted by Crippen LogP contribution is 2.60. The third-order valence-electron chi connectivity index (χ3n) is 5.97. The summed E-state index contributed by atoms with van der Waals surface area (Å²) in [5.74, 6) is 0.0361. The number of carbonyl (C=O) groups excluding carboxylic acids is 1. The number of rotatable bonds is 7. The quantitative estimate of drug-likeness (QED) is 0.713. The summed E-state index contributed by atoms with van der Waals surface area (Å²) in [6.07, 6.45) is 9.22. The Kier molecular flexibility index (Phi) is 5.80. The van der Waals surface area contributed by atoms with E-state index in [1.54, 1.807) is 12.3 Å². The van der Waals surface area contributed by atoms with E-state index in [9.17, 15) is 13.6 Å². The molecule has 1 fully saturated rings. The van der Waals surface area contributed by atoms with Gasteiger partial charge in [-0.25, -0.2) is 23.7 Å². The number of aryl methyl sites for hydroxylation is 2. The summed E-state index contributed by atoms with van der Waals surface area (Å²) >= 11 is 0. The minimum Gasteiger partial charge on any atom is -0.489 e. The second-order valence-corrected chi connectivity index (χ2v) is 8.02. The van der Waals surface area contributed by atoms with Gasteiger partial charge in [-0.2, -0.15) is 0 Å². The molecule has 1 saturated carbocycles. The first kappa shape index (κ1) is 21.1. The molecule has 31 heavy (non-hydrogen) atoms. The van der Waals surface area contributed by atoms with E-state index in [1.165, 1.54) is 18.2 Å². The van der Waals surface area contributed by atoms with E-state index < -0.39 is 11.2 Å². The molecule has 2 aromatic rings. The van der Waals surface area contributed by atoms with Crippen LogP contribution in [-0.4, -0.2) is 27.5 Å². The average molecular weight is 426 g/mol. The molecule has 2 heterocycles. The van der Waals surface area contributed by atoms with Crippen LogP contribution < -0.4 is 10.1 Å². The minimum atomic E-state index is -0.553. The second kappa shape index (κ2) is 8.53. The van der Waals surface area contributed by atoms with Crippen molar-refractivity contribution in [2.24, 2.45) is 17.3 Å².